The minimum absolute atomic E-state index is 0.0294. The predicted octanol–water partition coefficient (Wildman–Crippen LogP) is 5.62. The first kappa shape index (κ1) is 17.7. The molecule has 0 bridgehead atoms. The number of para-hydroxylation sites is 1. The summed E-state index contributed by atoms with van der Waals surface area (Å²) < 4.78 is 2.28. The molecular weight excluding hydrogens is 352 g/mol. The molecule has 0 amide bonds. The molecule has 0 atom stereocenters. The summed E-state index contributed by atoms with van der Waals surface area (Å²) in [7, 11) is 0. The molecule has 4 aromatic rings. The van der Waals surface area contributed by atoms with Gasteiger partial charge in [0.15, 0.2) is 5.78 Å². The van der Waals surface area contributed by atoms with E-state index in [1.54, 1.807) is 6.08 Å². The molecule has 28 heavy (non-hydrogen) atoms. The van der Waals surface area contributed by atoms with Gasteiger partial charge in [0.1, 0.15) is 0 Å². The van der Waals surface area contributed by atoms with Crippen molar-refractivity contribution in [1.29, 1.82) is 0 Å². The highest BCUT2D eigenvalue weighted by Gasteiger charge is 2.10. The van der Waals surface area contributed by atoms with Crippen molar-refractivity contribution in [1.82, 2.24) is 4.57 Å². The van der Waals surface area contributed by atoms with Gasteiger partial charge in [-0.15, -0.1) is 0 Å². The zero-order chi connectivity index (χ0) is 19.7. The van der Waals surface area contributed by atoms with Crippen LogP contribution in [0.1, 0.15) is 22.8 Å². The molecule has 0 saturated heterocycles. The van der Waals surface area contributed by atoms with E-state index in [1.165, 1.54) is 46.8 Å². The summed E-state index contributed by atoms with van der Waals surface area (Å²) in [4.78, 5) is 22.6. The van der Waals surface area contributed by atoms with E-state index in [4.69, 9.17) is 0 Å². The van der Waals surface area contributed by atoms with Gasteiger partial charge in [0.05, 0.1) is 4.92 Å². The van der Waals surface area contributed by atoms with E-state index in [-0.39, 0.29) is 11.5 Å². The number of carbonyl (C=O) groups is 1. The number of nitro groups is 1. The maximum atomic E-state index is 12.4. The summed E-state index contributed by atoms with van der Waals surface area (Å²) >= 11 is 0. The number of aryl methyl sites for hydroxylation is 1. The van der Waals surface area contributed by atoms with Gasteiger partial charge < -0.3 is 4.57 Å². The average molecular weight is 370 g/mol. The van der Waals surface area contributed by atoms with Crippen LogP contribution in [0.3, 0.4) is 0 Å². The topological polar surface area (TPSA) is 65.1 Å². The molecule has 1 aromatic heterocycles. The third-order valence-corrected chi connectivity index (χ3v) is 4.90. The third kappa shape index (κ3) is 3.07. The van der Waals surface area contributed by atoms with Gasteiger partial charge in [-0.1, -0.05) is 30.3 Å². The minimum Gasteiger partial charge on any atom is -0.341 e. The zero-order valence-electron chi connectivity index (χ0n) is 15.3. The Labute approximate surface area is 161 Å². The first-order chi connectivity index (χ1) is 13.6. The molecule has 0 aliphatic heterocycles. The van der Waals surface area contributed by atoms with Crippen molar-refractivity contribution >= 4 is 39.4 Å². The number of non-ortho nitro benzene ring substituents is 1. The summed E-state index contributed by atoms with van der Waals surface area (Å²) in [6, 6.07) is 20.1. The van der Waals surface area contributed by atoms with Crippen LogP contribution in [0.5, 0.6) is 0 Å². The molecule has 0 saturated carbocycles. The first-order valence-corrected chi connectivity index (χ1v) is 9.06. The van der Waals surface area contributed by atoms with Gasteiger partial charge in [-0.2, -0.15) is 0 Å². The molecule has 4 rings (SSSR count). The molecule has 1 heterocycles. The number of aromatic nitrogens is 1. The van der Waals surface area contributed by atoms with Crippen molar-refractivity contribution in [2.24, 2.45) is 0 Å². The van der Waals surface area contributed by atoms with Crippen molar-refractivity contribution in [3.63, 3.8) is 0 Å². The molecule has 3 aromatic carbocycles. The van der Waals surface area contributed by atoms with Crippen LogP contribution < -0.4 is 0 Å². The molecule has 0 aliphatic carbocycles. The Kier molecular flexibility index (Phi) is 4.49. The smallest absolute Gasteiger partial charge is 0.269 e. The normalized spacial score (nSPS) is 11.5. The standard InChI is InChI=1S/C23H18N2O3/c1-2-24-21-6-4-3-5-19(21)20-15-16(7-13-22(20)24)8-14-23(26)17-9-11-18(12-10-17)25(27)28/h3-15H,2H2,1H3/b14-8+. The molecule has 5 heteroatoms. The second kappa shape index (κ2) is 7.12. The van der Waals surface area contributed by atoms with Crippen LogP contribution in [0.25, 0.3) is 27.9 Å². The van der Waals surface area contributed by atoms with Gasteiger partial charge in [0.2, 0.25) is 0 Å². The highest BCUT2D eigenvalue weighted by Crippen LogP contribution is 2.30. The van der Waals surface area contributed by atoms with Crippen LogP contribution >= 0.6 is 0 Å². The minimum atomic E-state index is -0.480. The van der Waals surface area contributed by atoms with E-state index in [0.29, 0.717) is 5.56 Å². The van der Waals surface area contributed by atoms with Crippen LogP contribution in [0.2, 0.25) is 0 Å². The largest absolute Gasteiger partial charge is 0.341 e. The lowest BCUT2D eigenvalue weighted by Crippen LogP contribution is -1.95. The monoisotopic (exact) mass is 370 g/mol. The van der Waals surface area contributed by atoms with Crippen molar-refractivity contribution < 1.29 is 9.72 Å². The lowest BCUT2D eigenvalue weighted by Gasteiger charge is -2.02. The van der Waals surface area contributed by atoms with Gasteiger partial charge in [0.25, 0.3) is 5.69 Å². The highest BCUT2D eigenvalue weighted by molar-refractivity contribution is 6.10. The summed E-state index contributed by atoms with van der Waals surface area (Å²) in [5.74, 6) is -0.189. The third-order valence-electron chi connectivity index (χ3n) is 4.90. The molecule has 0 unspecified atom stereocenters. The average Bonchev–Trinajstić information content (AvgIpc) is 3.05. The highest BCUT2D eigenvalue weighted by atomic mass is 16.6. The van der Waals surface area contributed by atoms with Crippen LogP contribution in [0.15, 0.2) is 72.8 Å². The Morgan fingerprint density at radius 3 is 2.43 bits per heavy atom. The molecule has 0 spiro atoms. The number of benzene rings is 3. The number of nitrogens with zero attached hydrogens (tertiary/aromatic N) is 2. The summed E-state index contributed by atoms with van der Waals surface area (Å²) in [6.07, 6.45) is 3.28. The van der Waals surface area contributed by atoms with Crippen molar-refractivity contribution in [3.05, 3.63) is 94.0 Å². The van der Waals surface area contributed by atoms with Gasteiger partial charge in [0, 0.05) is 46.0 Å². The molecule has 5 nitrogen and oxygen atoms in total. The van der Waals surface area contributed by atoms with Gasteiger partial charge in [-0.05, 0) is 48.9 Å². The van der Waals surface area contributed by atoms with Crippen molar-refractivity contribution in [2.75, 3.05) is 0 Å². The van der Waals surface area contributed by atoms with Crippen LogP contribution in [0.4, 0.5) is 5.69 Å². The summed E-state index contributed by atoms with van der Waals surface area (Å²) in [5, 5.41) is 13.1. The van der Waals surface area contributed by atoms with Crippen LogP contribution in [-0.2, 0) is 6.54 Å². The number of allylic oxidation sites excluding steroid dienone is 1. The molecule has 138 valence electrons. The number of ketones is 1. The van der Waals surface area contributed by atoms with E-state index in [9.17, 15) is 14.9 Å². The second-order valence-corrected chi connectivity index (χ2v) is 6.54. The predicted molar refractivity (Wildman–Crippen MR) is 112 cm³/mol. The Hall–Kier alpha value is -3.73. The fourth-order valence-corrected chi connectivity index (χ4v) is 3.53. The quantitative estimate of drug-likeness (QED) is 0.198. The Balaban J connectivity index is 1.67. The molecule has 0 radical (unpaired) electrons. The maximum absolute atomic E-state index is 12.4. The van der Waals surface area contributed by atoms with Gasteiger partial charge >= 0.3 is 0 Å². The molecular formula is C23H18N2O3. The Morgan fingerprint density at radius 1 is 1.00 bits per heavy atom. The number of rotatable bonds is 5. The van der Waals surface area contributed by atoms with Crippen molar-refractivity contribution in [3.8, 4) is 0 Å². The summed E-state index contributed by atoms with van der Waals surface area (Å²) in [5.41, 5.74) is 3.69. The SMILES string of the molecule is CCn1c2ccccc2c2cc(/C=C/C(=O)c3ccc([N+](=O)[O-])cc3)ccc21. The molecule has 0 N–H and O–H groups in total. The van der Waals surface area contributed by atoms with E-state index >= 15 is 0 Å². The number of carbonyl (C=O) groups excluding carboxylic acids is 1. The number of fused-ring (bicyclic) bond motifs is 3. The molecule has 0 aliphatic rings. The second-order valence-electron chi connectivity index (χ2n) is 6.54. The Morgan fingerprint density at radius 2 is 1.71 bits per heavy atom. The Bertz CT molecular complexity index is 1230. The number of hydrogen-bond donors (Lipinski definition) is 0. The lowest BCUT2D eigenvalue weighted by atomic mass is 10.1. The fourth-order valence-electron chi connectivity index (χ4n) is 3.53. The van der Waals surface area contributed by atoms with Crippen LogP contribution in [-0.4, -0.2) is 15.3 Å². The summed E-state index contributed by atoms with van der Waals surface area (Å²) in [6.45, 7) is 3.01. The number of nitro benzene ring substituents is 1. The maximum Gasteiger partial charge on any atom is 0.269 e. The first-order valence-electron chi connectivity index (χ1n) is 9.06. The van der Waals surface area contributed by atoms with E-state index in [1.807, 2.05) is 18.2 Å². The van der Waals surface area contributed by atoms with E-state index in [2.05, 4.69) is 35.8 Å². The van der Waals surface area contributed by atoms with Crippen LogP contribution in [0, 0.1) is 10.1 Å². The van der Waals surface area contributed by atoms with Gasteiger partial charge in [-0.3, -0.25) is 14.9 Å². The fraction of sp³-hybridized carbons (Fsp3) is 0.0870. The number of hydrogen-bond acceptors (Lipinski definition) is 3. The van der Waals surface area contributed by atoms with E-state index in [0.717, 1.165) is 17.5 Å². The lowest BCUT2D eigenvalue weighted by molar-refractivity contribution is -0.384. The zero-order valence-corrected chi connectivity index (χ0v) is 15.3. The molecule has 0 fully saturated rings. The van der Waals surface area contributed by atoms with Gasteiger partial charge in [-0.25, -0.2) is 0 Å². The van der Waals surface area contributed by atoms with E-state index < -0.39 is 4.92 Å². The van der Waals surface area contributed by atoms with Crippen molar-refractivity contribution in [2.45, 2.75) is 13.5 Å².